The molecule has 0 spiro atoms. The minimum Gasteiger partial charge on any atom is -0.293 e. The van der Waals surface area contributed by atoms with Crippen molar-refractivity contribution in [3.05, 3.63) is 66.9 Å². The molecule has 7 heteroatoms. The van der Waals surface area contributed by atoms with Gasteiger partial charge in [0, 0.05) is 77.2 Å². The number of ketones is 1. The summed E-state index contributed by atoms with van der Waals surface area (Å²) in [7, 11) is 0. The van der Waals surface area contributed by atoms with Crippen LogP contribution in [0.25, 0.3) is 60.9 Å². The second-order valence-corrected chi connectivity index (χ2v) is 27.6. The highest BCUT2D eigenvalue weighted by atomic mass is 32.1. The average molecular weight is 1010 g/mol. The smallest absolute Gasteiger partial charge is 0.172 e. The lowest BCUT2D eigenvalue weighted by Crippen LogP contribution is -2.13. The molecule has 364 valence electrons. The van der Waals surface area contributed by atoms with Crippen LogP contribution in [0.2, 0.25) is 0 Å². The number of carbonyl (C=O) groups is 1. The Morgan fingerprint density at radius 3 is 1.60 bits per heavy atom. The van der Waals surface area contributed by atoms with E-state index in [-0.39, 0.29) is 10.8 Å². The second-order valence-electron chi connectivity index (χ2n) is 21.1. The van der Waals surface area contributed by atoms with Gasteiger partial charge in [-0.25, -0.2) is 0 Å². The van der Waals surface area contributed by atoms with Crippen molar-refractivity contribution in [3.63, 3.8) is 0 Å². The second kappa shape index (κ2) is 23.9. The standard InChI is InChI=1S/C60H82OS6/c1-12-19-22-23-24-25-26-29-46(61)49-37-45-56(64-49)57(67-58(45)60(10,11)18-7)50-36-43-52(47-32-30-41(62-47)34-39(15-4)27-20-13-2)55-44(38-51(66-55)59(8,9)17-6)53(54(43)65-50)48-33-31-42(63-48)35-40(16-5)28-21-14-3/h30-33,36-40H,12-29,34-35H2,1-11H3. The molecule has 0 amide bonds. The lowest BCUT2D eigenvalue weighted by atomic mass is 9.87. The molecule has 0 saturated heterocycles. The van der Waals surface area contributed by atoms with Crippen LogP contribution >= 0.6 is 68.0 Å². The largest absolute Gasteiger partial charge is 0.293 e. The number of thiophene rings is 6. The van der Waals surface area contributed by atoms with Gasteiger partial charge in [0.25, 0.3) is 0 Å². The van der Waals surface area contributed by atoms with Gasteiger partial charge in [0.15, 0.2) is 5.78 Å². The normalized spacial score (nSPS) is 13.5. The molecule has 0 fully saturated rings. The molecule has 0 bridgehead atoms. The Bertz CT molecular complexity index is 2570. The fourth-order valence-corrected chi connectivity index (χ4v) is 17.9. The Morgan fingerprint density at radius 2 is 1.04 bits per heavy atom. The molecule has 1 nitrogen and oxygen atoms in total. The van der Waals surface area contributed by atoms with Gasteiger partial charge >= 0.3 is 0 Å². The van der Waals surface area contributed by atoms with Crippen LogP contribution in [-0.4, -0.2) is 5.78 Å². The number of rotatable bonds is 28. The molecule has 0 aliphatic heterocycles. The zero-order chi connectivity index (χ0) is 47.9. The van der Waals surface area contributed by atoms with Gasteiger partial charge in [-0.1, -0.05) is 166 Å². The highest BCUT2D eigenvalue weighted by Crippen LogP contribution is 2.57. The van der Waals surface area contributed by atoms with Crippen molar-refractivity contribution in [1.82, 2.24) is 0 Å². The first kappa shape index (κ1) is 52.7. The van der Waals surface area contributed by atoms with Crippen molar-refractivity contribution >= 4 is 104 Å². The molecule has 7 aromatic rings. The zero-order valence-corrected chi connectivity index (χ0v) is 48.1. The minimum absolute atomic E-state index is 0.0147. The first-order chi connectivity index (χ1) is 32.3. The first-order valence-corrected chi connectivity index (χ1v) is 31.5. The Morgan fingerprint density at radius 1 is 0.507 bits per heavy atom. The molecule has 7 rings (SSSR count). The topological polar surface area (TPSA) is 17.1 Å². The molecule has 0 radical (unpaired) electrons. The molecule has 0 aliphatic rings. The number of fused-ring (bicyclic) bond motifs is 3. The predicted octanol–water partition coefficient (Wildman–Crippen LogP) is 22.7. The minimum atomic E-state index is 0.0147. The van der Waals surface area contributed by atoms with E-state index in [1.807, 2.05) is 22.7 Å². The van der Waals surface area contributed by atoms with Crippen LogP contribution in [0, 0.1) is 11.8 Å². The van der Waals surface area contributed by atoms with Gasteiger partial charge in [-0.05, 0) is 97.2 Å². The highest BCUT2D eigenvalue weighted by molar-refractivity contribution is 7.32. The highest BCUT2D eigenvalue weighted by Gasteiger charge is 2.31. The van der Waals surface area contributed by atoms with Gasteiger partial charge in [0.05, 0.1) is 14.5 Å². The summed E-state index contributed by atoms with van der Waals surface area (Å²) in [6.07, 6.45) is 24.1. The average Bonchev–Trinajstić information content (AvgIpc) is 4.19. The summed E-state index contributed by atoms with van der Waals surface area (Å²) in [6, 6.07) is 17.4. The molecule has 0 N–H and O–H groups in total. The number of hydrogen-bond donors (Lipinski definition) is 0. The lowest BCUT2D eigenvalue weighted by Gasteiger charge is -2.21. The summed E-state index contributed by atoms with van der Waals surface area (Å²) >= 11 is 12.0. The van der Waals surface area contributed by atoms with Crippen molar-refractivity contribution in [1.29, 1.82) is 0 Å². The van der Waals surface area contributed by atoms with Crippen LogP contribution in [-0.2, 0) is 23.7 Å². The monoisotopic (exact) mass is 1010 g/mol. The van der Waals surface area contributed by atoms with E-state index >= 15 is 0 Å². The van der Waals surface area contributed by atoms with E-state index in [4.69, 9.17) is 0 Å². The number of carbonyl (C=O) groups excluding carboxylic acids is 1. The molecule has 0 saturated carbocycles. The third-order valence-electron chi connectivity index (χ3n) is 15.3. The maximum Gasteiger partial charge on any atom is 0.172 e. The molecular formula is C60H82OS6. The Labute approximate surface area is 430 Å². The van der Waals surface area contributed by atoms with Crippen molar-refractivity contribution < 1.29 is 4.79 Å². The summed E-state index contributed by atoms with van der Waals surface area (Å²) in [5.74, 6) is 1.81. The Balaban J connectivity index is 1.42. The quantitative estimate of drug-likeness (QED) is 0.0353. The van der Waals surface area contributed by atoms with E-state index in [2.05, 4.69) is 153 Å². The van der Waals surface area contributed by atoms with Crippen LogP contribution in [0.15, 0.2) is 42.5 Å². The maximum absolute atomic E-state index is 14.0. The van der Waals surface area contributed by atoms with Crippen LogP contribution in [0.5, 0.6) is 0 Å². The van der Waals surface area contributed by atoms with E-state index in [0.717, 1.165) is 42.4 Å². The number of Topliss-reactive ketones (excluding diaryl/α,β-unsaturated/α-hetero) is 1. The fourth-order valence-electron chi connectivity index (χ4n) is 9.84. The van der Waals surface area contributed by atoms with Gasteiger partial charge in [-0.15, -0.1) is 68.0 Å². The lowest BCUT2D eigenvalue weighted by molar-refractivity contribution is 0.0983. The zero-order valence-electron chi connectivity index (χ0n) is 43.2. The molecule has 0 aliphatic carbocycles. The van der Waals surface area contributed by atoms with Crippen molar-refractivity contribution in [3.8, 4) is 30.6 Å². The summed E-state index contributed by atoms with van der Waals surface area (Å²) < 4.78 is 4.20. The van der Waals surface area contributed by atoms with Crippen molar-refractivity contribution in [2.45, 2.75) is 215 Å². The van der Waals surface area contributed by atoms with Gasteiger partial charge in [-0.3, -0.25) is 4.79 Å². The molecule has 2 unspecified atom stereocenters. The number of unbranched alkanes of at least 4 members (excludes halogenated alkanes) is 8. The van der Waals surface area contributed by atoms with E-state index in [1.54, 1.807) is 11.3 Å². The third-order valence-corrected chi connectivity index (χ3v) is 23.3. The van der Waals surface area contributed by atoms with Crippen molar-refractivity contribution in [2.24, 2.45) is 11.8 Å². The third kappa shape index (κ3) is 12.0. The van der Waals surface area contributed by atoms with Crippen LogP contribution in [0.3, 0.4) is 0 Å². The molecule has 1 aromatic carbocycles. The molecule has 6 aromatic heterocycles. The molecule has 2 atom stereocenters. The summed E-state index contributed by atoms with van der Waals surface area (Å²) in [5.41, 5.74) is 2.99. The van der Waals surface area contributed by atoms with Crippen LogP contribution in [0.4, 0.5) is 0 Å². The maximum atomic E-state index is 14.0. The Kier molecular flexibility index (Phi) is 18.8. The van der Waals surface area contributed by atoms with Gasteiger partial charge in [0.1, 0.15) is 0 Å². The van der Waals surface area contributed by atoms with E-state index in [1.165, 1.54) is 177 Å². The first-order valence-electron chi connectivity index (χ1n) is 26.6. The summed E-state index contributed by atoms with van der Waals surface area (Å²) in [6.45, 7) is 26.1. The van der Waals surface area contributed by atoms with E-state index in [9.17, 15) is 4.79 Å². The van der Waals surface area contributed by atoms with Gasteiger partial charge < -0.3 is 0 Å². The van der Waals surface area contributed by atoms with Crippen molar-refractivity contribution in [2.75, 3.05) is 0 Å². The van der Waals surface area contributed by atoms with E-state index in [0.29, 0.717) is 12.2 Å². The predicted molar refractivity (Wildman–Crippen MR) is 310 cm³/mol. The SMILES string of the molecule is CCCCCCCCCC(=O)c1cc2c(C(C)(C)CC)sc(-c3cc4c(-c5ccc(CC(CC)CCCC)s5)c5sc(C(C)(C)CC)cc5c(-c5ccc(CC(CC)CCCC)s5)c4s3)c2s1. The summed E-state index contributed by atoms with van der Waals surface area (Å²) in [4.78, 5) is 26.5. The van der Waals surface area contributed by atoms with Gasteiger partial charge in [-0.2, -0.15) is 0 Å². The molecule has 6 heterocycles. The molecular weight excluding hydrogens is 929 g/mol. The fraction of sp³-hybridized carbons (Fsp3) is 0.583. The number of hydrogen-bond acceptors (Lipinski definition) is 7. The van der Waals surface area contributed by atoms with Crippen LogP contribution < -0.4 is 0 Å². The molecule has 67 heavy (non-hydrogen) atoms. The Hall–Kier alpha value is -2.13. The van der Waals surface area contributed by atoms with E-state index < -0.39 is 0 Å². The number of benzene rings is 1. The van der Waals surface area contributed by atoms with Gasteiger partial charge in [0.2, 0.25) is 0 Å². The van der Waals surface area contributed by atoms with Crippen LogP contribution in [0.1, 0.15) is 221 Å². The summed E-state index contributed by atoms with van der Waals surface area (Å²) in [5, 5.41) is 4.16.